The Balaban J connectivity index is 1.64. The zero-order valence-electron chi connectivity index (χ0n) is 27.4. The van der Waals surface area contributed by atoms with Crippen LogP contribution in [0.5, 0.6) is 0 Å². The lowest BCUT2D eigenvalue weighted by molar-refractivity contribution is -0.377. The molecule has 14 N–H and O–H groups in total. The first-order chi connectivity index (χ1) is 24.1. The molecule has 4 heterocycles. The summed E-state index contributed by atoms with van der Waals surface area (Å²) in [5.74, 6) is -1.47. The number of aliphatic hydroxyl groups excluding tert-OH is 12. The summed E-state index contributed by atoms with van der Waals surface area (Å²) in [5, 5.41) is 129. The monoisotopic (exact) mass is 748 g/mol. The SMILES string of the molecule is CC(=O)N[C@H]1[C@@H](O[C@H]2[C@@H](O)[C@@H](CO)O[C@H](O[C@H]3[C@@H](O)[C@@H](CO)O[C@H](O[C@@H]4[C@H](O)[C@@H](O)[C@H](O)O[C@@H]4CO)[C@@H]3O)[C@@H]2NC(C)=O)O[C@H](CO)[C@H](O)[C@@H]1O. The molecular formula is C28H48N2O21. The zero-order chi connectivity index (χ0) is 37.9. The predicted octanol–water partition coefficient (Wildman–Crippen LogP) is -9.46. The van der Waals surface area contributed by atoms with Crippen LogP contribution in [0.15, 0.2) is 0 Å². The normalized spacial score (nSPS) is 47.8. The fourth-order valence-electron chi connectivity index (χ4n) is 6.35. The molecule has 4 saturated heterocycles. The van der Waals surface area contributed by atoms with Gasteiger partial charge in [-0.05, 0) is 0 Å². The first-order valence-electron chi connectivity index (χ1n) is 16.1. The molecule has 4 rings (SSSR count). The number of hydrogen-bond donors (Lipinski definition) is 14. The Labute approximate surface area is 289 Å². The van der Waals surface area contributed by atoms with Crippen LogP contribution in [0.4, 0.5) is 0 Å². The van der Waals surface area contributed by atoms with E-state index in [4.69, 9.17) is 33.2 Å². The van der Waals surface area contributed by atoms with Crippen molar-refractivity contribution < 1.29 is 104 Å². The maximum atomic E-state index is 12.4. The van der Waals surface area contributed by atoms with Crippen molar-refractivity contribution in [1.82, 2.24) is 10.6 Å². The van der Waals surface area contributed by atoms with Crippen molar-refractivity contribution in [2.24, 2.45) is 0 Å². The molecule has 2 amide bonds. The number of ether oxygens (including phenoxy) is 7. The molecule has 4 aliphatic heterocycles. The van der Waals surface area contributed by atoms with Crippen molar-refractivity contribution in [3.8, 4) is 0 Å². The quantitative estimate of drug-likeness (QED) is 0.0881. The van der Waals surface area contributed by atoms with Crippen LogP contribution in [0.2, 0.25) is 0 Å². The van der Waals surface area contributed by atoms with Gasteiger partial charge in [-0.25, -0.2) is 0 Å². The van der Waals surface area contributed by atoms with Gasteiger partial charge in [-0.1, -0.05) is 0 Å². The maximum absolute atomic E-state index is 12.4. The van der Waals surface area contributed by atoms with E-state index in [1.807, 2.05) is 0 Å². The first kappa shape index (κ1) is 41.9. The van der Waals surface area contributed by atoms with Gasteiger partial charge < -0.3 is 105 Å². The van der Waals surface area contributed by atoms with Crippen LogP contribution in [0.1, 0.15) is 13.8 Å². The minimum atomic E-state index is -2.05. The Kier molecular flexibility index (Phi) is 14.8. The van der Waals surface area contributed by atoms with Crippen LogP contribution < -0.4 is 10.6 Å². The molecule has 0 spiro atoms. The van der Waals surface area contributed by atoms with E-state index in [0.29, 0.717) is 0 Å². The zero-order valence-corrected chi connectivity index (χ0v) is 27.4. The lowest BCUT2D eigenvalue weighted by Crippen LogP contribution is -2.71. The highest BCUT2D eigenvalue weighted by atomic mass is 16.8. The summed E-state index contributed by atoms with van der Waals surface area (Å²) in [4.78, 5) is 24.4. The van der Waals surface area contributed by atoms with E-state index >= 15 is 0 Å². The summed E-state index contributed by atoms with van der Waals surface area (Å²) in [5.41, 5.74) is 0. The first-order valence-corrected chi connectivity index (χ1v) is 16.1. The van der Waals surface area contributed by atoms with Crippen LogP contribution in [0.3, 0.4) is 0 Å². The van der Waals surface area contributed by atoms with Crippen molar-refractivity contribution in [1.29, 1.82) is 0 Å². The second-order valence-corrected chi connectivity index (χ2v) is 12.6. The van der Waals surface area contributed by atoms with Crippen molar-refractivity contribution in [2.45, 2.75) is 137 Å². The fraction of sp³-hybridized carbons (Fsp3) is 0.929. The maximum Gasteiger partial charge on any atom is 0.217 e. The standard InChI is InChI=1S/C28H48N2O21/c1-7(35)29-13-18(40)15(37)9(3-31)46-26(13)50-23-14(30-8(2)36)27(47-10(4-32)16(23)38)51-24-17(39)11(5-33)48-28(21(24)43)49-22-12(6-34)45-25(44)20(42)19(22)41/h9-28,31-34,37-44H,3-6H2,1-2H3,(H,29,35)(H,30,36)/t9-,10-,11-,12-,13-,14-,15+,16+,17+,18-,19-,20-,21-,22+,23-,24+,25-,26-,27-,28-/m1/s1. The Morgan fingerprint density at radius 3 is 1.43 bits per heavy atom. The predicted molar refractivity (Wildman–Crippen MR) is 157 cm³/mol. The third kappa shape index (κ3) is 9.11. The fourth-order valence-corrected chi connectivity index (χ4v) is 6.35. The van der Waals surface area contributed by atoms with E-state index in [-0.39, 0.29) is 0 Å². The van der Waals surface area contributed by atoms with E-state index in [1.54, 1.807) is 0 Å². The van der Waals surface area contributed by atoms with Gasteiger partial charge in [-0.2, -0.15) is 0 Å². The molecule has 23 nitrogen and oxygen atoms in total. The molecule has 0 radical (unpaired) electrons. The Morgan fingerprint density at radius 2 is 0.902 bits per heavy atom. The molecular weight excluding hydrogens is 700 g/mol. The molecule has 0 saturated carbocycles. The molecule has 0 unspecified atom stereocenters. The second-order valence-electron chi connectivity index (χ2n) is 12.6. The third-order valence-electron chi connectivity index (χ3n) is 9.01. The van der Waals surface area contributed by atoms with Crippen LogP contribution in [-0.4, -0.2) is 222 Å². The third-order valence-corrected chi connectivity index (χ3v) is 9.01. The number of nitrogens with one attached hydrogen (secondary N) is 2. The summed E-state index contributed by atoms with van der Waals surface area (Å²) < 4.78 is 39.3. The minimum Gasteiger partial charge on any atom is -0.394 e. The van der Waals surface area contributed by atoms with Gasteiger partial charge in [0.1, 0.15) is 97.5 Å². The molecule has 0 aromatic heterocycles. The van der Waals surface area contributed by atoms with Crippen LogP contribution in [-0.2, 0) is 42.7 Å². The molecule has 51 heavy (non-hydrogen) atoms. The number of rotatable bonds is 12. The van der Waals surface area contributed by atoms with Crippen molar-refractivity contribution in [2.75, 3.05) is 26.4 Å². The van der Waals surface area contributed by atoms with Crippen LogP contribution >= 0.6 is 0 Å². The molecule has 0 aromatic rings. The van der Waals surface area contributed by atoms with Crippen LogP contribution in [0.25, 0.3) is 0 Å². The van der Waals surface area contributed by atoms with E-state index in [9.17, 15) is 70.9 Å². The van der Waals surface area contributed by atoms with Gasteiger partial charge in [0.15, 0.2) is 25.2 Å². The van der Waals surface area contributed by atoms with Gasteiger partial charge in [-0.3, -0.25) is 9.59 Å². The molecule has 23 heteroatoms. The van der Waals surface area contributed by atoms with Crippen LogP contribution in [0, 0.1) is 0 Å². The summed E-state index contributed by atoms with van der Waals surface area (Å²) in [6, 6.07) is -3.12. The lowest BCUT2D eigenvalue weighted by atomic mass is 9.93. The molecule has 20 atom stereocenters. The van der Waals surface area contributed by atoms with Crippen molar-refractivity contribution in [3.05, 3.63) is 0 Å². The minimum absolute atomic E-state index is 0.702. The number of hydrogen-bond acceptors (Lipinski definition) is 21. The topological polar surface area (TPSA) is 366 Å². The Hall–Kier alpha value is -1.82. The van der Waals surface area contributed by atoms with E-state index in [2.05, 4.69) is 10.6 Å². The highest BCUT2D eigenvalue weighted by molar-refractivity contribution is 5.73. The number of carbonyl (C=O) groups excluding carboxylic acids is 2. The van der Waals surface area contributed by atoms with Crippen molar-refractivity contribution in [3.63, 3.8) is 0 Å². The highest BCUT2D eigenvalue weighted by Gasteiger charge is 2.56. The summed E-state index contributed by atoms with van der Waals surface area (Å²) in [7, 11) is 0. The average molecular weight is 749 g/mol. The number of amides is 2. The number of aliphatic hydroxyl groups is 12. The Bertz CT molecular complexity index is 1140. The average Bonchev–Trinajstić information content (AvgIpc) is 3.09. The van der Waals surface area contributed by atoms with E-state index in [1.165, 1.54) is 0 Å². The van der Waals surface area contributed by atoms with E-state index < -0.39 is 161 Å². The van der Waals surface area contributed by atoms with Gasteiger partial charge in [-0.15, -0.1) is 0 Å². The van der Waals surface area contributed by atoms with Gasteiger partial charge in [0, 0.05) is 13.8 Å². The summed E-state index contributed by atoms with van der Waals surface area (Å²) in [6.45, 7) is -1.34. The molecule has 0 aliphatic carbocycles. The number of carbonyl (C=O) groups is 2. The molecule has 296 valence electrons. The Morgan fingerprint density at radius 1 is 0.471 bits per heavy atom. The summed E-state index contributed by atoms with van der Waals surface area (Å²) in [6.07, 6.45) is -31.7. The molecule has 0 bridgehead atoms. The van der Waals surface area contributed by atoms with Gasteiger partial charge >= 0.3 is 0 Å². The molecule has 0 aromatic carbocycles. The lowest BCUT2D eigenvalue weighted by Gasteiger charge is -2.50. The largest absolute Gasteiger partial charge is 0.394 e. The van der Waals surface area contributed by atoms with Crippen molar-refractivity contribution >= 4 is 11.8 Å². The van der Waals surface area contributed by atoms with E-state index in [0.717, 1.165) is 13.8 Å². The van der Waals surface area contributed by atoms with Gasteiger partial charge in [0.2, 0.25) is 11.8 Å². The highest BCUT2D eigenvalue weighted by Crippen LogP contribution is 2.34. The van der Waals surface area contributed by atoms with Gasteiger partial charge in [0.25, 0.3) is 0 Å². The summed E-state index contributed by atoms with van der Waals surface area (Å²) >= 11 is 0. The molecule has 4 fully saturated rings. The second kappa shape index (κ2) is 18.0. The smallest absolute Gasteiger partial charge is 0.217 e. The molecule has 4 aliphatic rings. The van der Waals surface area contributed by atoms with Gasteiger partial charge in [0.05, 0.1) is 26.4 Å².